The van der Waals surface area contributed by atoms with Gasteiger partial charge in [0.2, 0.25) is 0 Å². The van der Waals surface area contributed by atoms with Crippen LogP contribution in [-0.2, 0) is 14.3 Å². The Morgan fingerprint density at radius 2 is 1.89 bits per heavy atom. The van der Waals surface area contributed by atoms with Crippen molar-refractivity contribution in [1.29, 1.82) is 0 Å². The molecule has 0 bridgehead atoms. The molecule has 94 valence electrons. The molecule has 1 aromatic rings. The third-order valence-electron chi connectivity index (χ3n) is 2.18. The number of aldehydes is 1. The van der Waals surface area contributed by atoms with Crippen molar-refractivity contribution in [3.8, 4) is 0 Å². The van der Waals surface area contributed by atoms with Crippen LogP contribution < -0.4 is 0 Å². The molecular formula is C14H14O4. The highest BCUT2D eigenvalue weighted by Crippen LogP contribution is 2.08. The van der Waals surface area contributed by atoms with Gasteiger partial charge in [-0.2, -0.15) is 0 Å². The average molecular weight is 246 g/mol. The first-order valence-electron chi connectivity index (χ1n) is 5.60. The van der Waals surface area contributed by atoms with E-state index in [9.17, 15) is 14.4 Å². The van der Waals surface area contributed by atoms with Crippen LogP contribution >= 0.6 is 0 Å². The fourth-order valence-electron chi connectivity index (χ4n) is 1.32. The quantitative estimate of drug-likeness (QED) is 0.333. The molecule has 4 heteroatoms. The van der Waals surface area contributed by atoms with Gasteiger partial charge in [-0.1, -0.05) is 36.4 Å². The fourth-order valence-corrected chi connectivity index (χ4v) is 1.32. The molecule has 0 aliphatic rings. The van der Waals surface area contributed by atoms with Crippen molar-refractivity contribution in [3.63, 3.8) is 0 Å². The van der Waals surface area contributed by atoms with E-state index >= 15 is 0 Å². The second-order valence-corrected chi connectivity index (χ2v) is 3.48. The summed E-state index contributed by atoms with van der Waals surface area (Å²) in [6.45, 7) is 1.82. The summed E-state index contributed by atoms with van der Waals surface area (Å²) < 4.78 is 4.63. The third kappa shape index (κ3) is 3.97. The maximum absolute atomic E-state index is 11.6. The first kappa shape index (κ1) is 13.8. The first-order chi connectivity index (χ1) is 8.69. The molecule has 0 spiro atoms. The second kappa shape index (κ2) is 7.17. The SMILES string of the molecule is CCOC(=O)C(=O)c1ccc(C=CCC=O)cc1. The van der Waals surface area contributed by atoms with Gasteiger partial charge in [0.25, 0.3) is 5.78 Å². The Morgan fingerprint density at radius 3 is 2.44 bits per heavy atom. The monoisotopic (exact) mass is 246 g/mol. The van der Waals surface area contributed by atoms with Gasteiger partial charge in [-0.25, -0.2) is 4.79 Å². The number of hydrogen-bond acceptors (Lipinski definition) is 4. The van der Waals surface area contributed by atoms with Crippen LogP contribution in [0.15, 0.2) is 30.3 Å². The van der Waals surface area contributed by atoms with Gasteiger partial charge < -0.3 is 9.53 Å². The van der Waals surface area contributed by atoms with Gasteiger partial charge in [0, 0.05) is 12.0 Å². The number of hydrogen-bond donors (Lipinski definition) is 0. The van der Waals surface area contributed by atoms with Crippen molar-refractivity contribution in [1.82, 2.24) is 0 Å². The molecule has 0 saturated heterocycles. The molecule has 0 N–H and O–H groups in total. The van der Waals surface area contributed by atoms with E-state index in [1.165, 1.54) is 0 Å². The summed E-state index contributed by atoms with van der Waals surface area (Å²) in [5, 5.41) is 0. The average Bonchev–Trinajstić information content (AvgIpc) is 2.39. The van der Waals surface area contributed by atoms with Crippen LogP contribution in [0.1, 0.15) is 29.3 Å². The Labute approximate surface area is 105 Å². The summed E-state index contributed by atoms with van der Waals surface area (Å²) in [4.78, 5) is 32.9. The lowest BCUT2D eigenvalue weighted by Gasteiger charge is -2.01. The van der Waals surface area contributed by atoms with Crippen molar-refractivity contribution in [2.24, 2.45) is 0 Å². The van der Waals surface area contributed by atoms with E-state index in [2.05, 4.69) is 4.74 Å². The normalized spacial score (nSPS) is 10.3. The molecule has 0 radical (unpaired) electrons. The van der Waals surface area contributed by atoms with Gasteiger partial charge in [-0.3, -0.25) is 4.79 Å². The Kier molecular flexibility index (Phi) is 5.51. The van der Waals surface area contributed by atoms with Gasteiger partial charge in [0.05, 0.1) is 6.61 Å². The highest BCUT2D eigenvalue weighted by Gasteiger charge is 2.16. The van der Waals surface area contributed by atoms with E-state index < -0.39 is 11.8 Å². The van der Waals surface area contributed by atoms with Crippen LogP contribution in [0.3, 0.4) is 0 Å². The molecule has 0 amide bonds. The van der Waals surface area contributed by atoms with Crippen LogP contribution in [0.4, 0.5) is 0 Å². The number of allylic oxidation sites excluding steroid dienone is 1. The van der Waals surface area contributed by atoms with Gasteiger partial charge in [0.1, 0.15) is 6.29 Å². The first-order valence-corrected chi connectivity index (χ1v) is 5.60. The van der Waals surface area contributed by atoms with E-state index in [1.807, 2.05) is 0 Å². The van der Waals surface area contributed by atoms with Crippen molar-refractivity contribution in [2.75, 3.05) is 6.61 Å². The Morgan fingerprint density at radius 1 is 1.22 bits per heavy atom. The summed E-state index contributed by atoms with van der Waals surface area (Å²) in [6.07, 6.45) is 4.64. The maximum Gasteiger partial charge on any atom is 0.379 e. The molecule has 1 aromatic carbocycles. The zero-order valence-corrected chi connectivity index (χ0v) is 10.1. The van der Waals surface area contributed by atoms with Crippen molar-refractivity contribution in [3.05, 3.63) is 41.5 Å². The van der Waals surface area contributed by atoms with Crippen molar-refractivity contribution >= 4 is 24.1 Å². The van der Waals surface area contributed by atoms with Gasteiger partial charge >= 0.3 is 5.97 Å². The zero-order valence-electron chi connectivity index (χ0n) is 10.1. The molecule has 0 heterocycles. The zero-order chi connectivity index (χ0) is 13.4. The summed E-state index contributed by atoms with van der Waals surface area (Å²) in [5.41, 5.74) is 1.15. The highest BCUT2D eigenvalue weighted by molar-refractivity contribution is 6.40. The van der Waals surface area contributed by atoms with E-state index in [-0.39, 0.29) is 6.61 Å². The smallest absolute Gasteiger partial charge is 0.379 e. The largest absolute Gasteiger partial charge is 0.460 e. The molecule has 4 nitrogen and oxygen atoms in total. The van der Waals surface area contributed by atoms with Crippen molar-refractivity contribution < 1.29 is 19.1 Å². The van der Waals surface area contributed by atoms with E-state index in [4.69, 9.17) is 0 Å². The van der Waals surface area contributed by atoms with Crippen LogP contribution in [-0.4, -0.2) is 24.6 Å². The number of carbonyl (C=O) groups excluding carboxylic acids is 3. The predicted molar refractivity (Wildman–Crippen MR) is 67.1 cm³/mol. The minimum Gasteiger partial charge on any atom is -0.460 e. The lowest BCUT2D eigenvalue weighted by Crippen LogP contribution is -2.17. The van der Waals surface area contributed by atoms with E-state index in [0.29, 0.717) is 12.0 Å². The lowest BCUT2D eigenvalue weighted by atomic mass is 10.1. The predicted octanol–water partition coefficient (Wildman–Crippen LogP) is 2.03. The van der Waals surface area contributed by atoms with Gasteiger partial charge in [-0.05, 0) is 12.5 Å². The minimum atomic E-state index is -0.846. The molecular weight excluding hydrogens is 232 g/mol. The molecule has 0 aromatic heterocycles. The number of ketones is 1. The molecule has 1 rings (SSSR count). The van der Waals surface area contributed by atoms with Crippen molar-refractivity contribution in [2.45, 2.75) is 13.3 Å². The lowest BCUT2D eigenvalue weighted by molar-refractivity contribution is -0.137. The third-order valence-corrected chi connectivity index (χ3v) is 2.18. The van der Waals surface area contributed by atoms with E-state index in [1.54, 1.807) is 43.3 Å². The number of esters is 1. The second-order valence-electron chi connectivity index (χ2n) is 3.48. The molecule has 0 atom stereocenters. The summed E-state index contributed by atoms with van der Waals surface area (Å²) in [7, 11) is 0. The summed E-state index contributed by atoms with van der Waals surface area (Å²) in [5.74, 6) is -1.50. The topological polar surface area (TPSA) is 60.4 Å². The number of ether oxygens (including phenoxy) is 1. The van der Waals surface area contributed by atoms with Crippen LogP contribution in [0.25, 0.3) is 6.08 Å². The Balaban J connectivity index is 2.73. The number of carbonyl (C=O) groups is 3. The summed E-state index contributed by atoms with van der Waals surface area (Å²) in [6, 6.07) is 6.52. The Hall–Kier alpha value is -2.23. The molecule has 0 fully saturated rings. The van der Waals surface area contributed by atoms with Crippen LogP contribution in [0.5, 0.6) is 0 Å². The number of benzene rings is 1. The fraction of sp³-hybridized carbons (Fsp3) is 0.214. The number of rotatable bonds is 6. The maximum atomic E-state index is 11.6. The van der Waals surface area contributed by atoms with Crippen LogP contribution in [0.2, 0.25) is 0 Å². The van der Waals surface area contributed by atoms with Gasteiger partial charge in [0.15, 0.2) is 0 Å². The molecule has 0 aliphatic carbocycles. The molecule has 0 unspecified atom stereocenters. The molecule has 18 heavy (non-hydrogen) atoms. The Bertz CT molecular complexity index is 457. The van der Waals surface area contributed by atoms with Gasteiger partial charge in [-0.15, -0.1) is 0 Å². The summed E-state index contributed by atoms with van der Waals surface area (Å²) >= 11 is 0. The number of Topliss-reactive ketones (excluding diaryl/α,β-unsaturated/α-hetero) is 1. The minimum absolute atomic E-state index is 0.178. The van der Waals surface area contributed by atoms with Crippen LogP contribution in [0, 0.1) is 0 Å². The van der Waals surface area contributed by atoms with E-state index in [0.717, 1.165) is 11.8 Å². The molecule has 0 saturated carbocycles. The highest BCUT2D eigenvalue weighted by atomic mass is 16.5. The molecule has 0 aliphatic heterocycles. The standard InChI is InChI=1S/C14H14O4/c1-2-18-14(17)13(16)12-8-6-11(7-9-12)5-3-4-10-15/h3,5-10H,2,4H2,1H3.